The molecule has 2 aromatic carbocycles. The normalized spacial score (nSPS) is 22.1. The third kappa shape index (κ3) is 8.40. The van der Waals surface area contributed by atoms with Crippen molar-refractivity contribution in [1.29, 1.82) is 0 Å². The van der Waals surface area contributed by atoms with Gasteiger partial charge in [0.15, 0.2) is 23.8 Å². The first kappa shape index (κ1) is 34.1. The van der Waals surface area contributed by atoms with Gasteiger partial charge in [0.05, 0.1) is 31.8 Å². The first-order chi connectivity index (χ1) is 22.2. The molecule has 0 radical (unpaired) electrons. The van der Waals surface area contributed by atoms with E-state index in [9.17, 15) is 26.4 Å². The highest BCUT2D eigenvalue weighted by Gasteiger charge is 2.61. The SMILES string of the molecule is CC(=O)O[C@H]1[C@H](N2C=Nc3nc[nH]c3C2NC(=O)c2ccccc2)OC(COS(C)(=O)=O)(COS(C)(=O)=O)[C@H]1OCc1ccccc1. The van der Waals surface area contributed by atoms with Gasteiger partial charge >= 0.3 is 5.97 Å². The van der Waals surface area contributed by atoms with E-state index in [1.54, 1.807) is 60.7 Å². The molecular formula is C29H33N5O11S2. The van der Waals surface area contributed by atoms with Crippen LogP contribution in [0.3, 0.4) is 0 Å². The van der Waals surface area contributed by atoms with Crippen LogP contribution in [-0.2, 0) is 54.2 Å². The molecule has 4 atom stereocenters. The van der Waals surface area contributed by atoms with E-state index in [1.165, 1.54) is 17.6 Å². The number of carbonyl (C=O) groups is 2. The number of aromatic nitrogens is 2. The maximum atomic E-state index is 13.4. The van der Waals surface area contributed by atoms with Crippen molar-refractivity contribution >= 4 is 44.3 Å². The van der Waals surface area contributed by atoms with Gasteiger partial charge in [-0.05, 0) is 17.7 Å². The van der Waals surface area contributed by atoms with E-state index in [2.05, 4.69) is 20.3 Å². The molecule has 1 amide bonds. The van der Waals surface area contributed by atoms with Gasteiger partial charge in [0.25, 0.3) is 26.1 Å². The smallest absolute Gasteiger partial charge is 0.303 e. The number of rotatable bonds is 13. The Labute approximate surface area is 271 Å². The molecule has 0 spiro atoms. The largest absolute Gasteiger partial charge is 0.455 e. The van der Waals surface area contributed by atoms with E-state index in [0.717, 1.165) is 19.4 Å². The van der Waals surface area contributed by atoms with E-state index in [0.29, 0.717) is 16.8 Å². The third-order valence-electron chi connectivity index (χ3n) is 7.19. The molecule has 3 aromatic rings. The monoisotopic (exact) mass is 691 g/mol. The first-order valence-corrected chi connectivity index (χ1v) is 17.8. The molecule has 1 saturated heterocycles. The van der Waals surface area contributed by atoms with Crippen LogP contribution in [0.25, 0.3) is 0 Å². The van der Waals surface area contributed by atoms with E-state index in [1.807, 2.05) is 0 Å². The summed E-state index contributed by atoms with van der Waals surface area (Å²) in [7, 11) is -8.25. The van der Waals surface area contributed by atoms with E-state index in [4.69, 9.17) is 22.6 Å². The Kier molecular flexibility index (Phi) is 10.1. The molecule has 5 rings (SSSR count). The van der Waals surface area contributed by atoms with Crippen LogP contribution in [0.5, 0.6) is 0 Å². The number of fused-ring (bicyclic) bond motifs is 1. The Morgan fingerprint density at radius 2 is 1.60 bits per heavy atom. The summed E-state index contributed by atoms with van der Waals surface area (Å²) in [5.41, 5.74) is -0.640. The number of hydrogen-bond acceptors (Lipinski definition) is 14. The highest BCUT2D eigenvalue weighted by molar-refractivity contribution is 7.86. The lowest BCUT2D eigenvalue weighted by molar-refractivity contribution is -0.162. The van der Waals surface area contributed by atoms with Gasteiger partial charge < -0.3 is 29.4 Å². The zero-order valence-corrected chi connectivity index (χ0v) is 27.1. The number of amides is 1. The van der Waals surface area contributed by atoms with Crippen molar-refractivity contribution in [2.45, 2.75) is 43.7 Å². The van der Waals surface area contributed by atoms with Crippen LogP contribution in [0, 0.1) is 0 Å². The van der Waals surface area contributed by atoms with Crippen LogP contribution in [0.15, 0.2) is 72.0 Å². The Morgan fingerprint density at radius 3 is 2.19 bits per heavy atom. The maximum Gasteiger partial charge on any atom is 0.303 e. The molecule has 1 fully saturated rings. The summed E-state index contributed by atoms with van der Waals surface area (Å²) in [5, 5.41) is 2.90. The quantitative estimate of drug-likeness (QED) is 0.192. The number of aliphatic imine (C=N–C) groups is 1. The molecule has 2 aliphatic heterocycles. The highest BCUT2D eigenvalue weighted by atomic mass is 32.2. The molecule has 0 saturated carbocycles. The molecule has 252 valence electrons. The van der Waals surface area contributed by atoms with Gasteiger partial charge in [0.1, 0.15) is 31.2 Å². The minimum Gasteiger partial charge on any atom is -0.455 e. The van der Waals surface area contributed by atoms with Crippen LogP contribution in [-0.4, -0.2) is 99.7 Å². The standard InChI is InChI=1S/C29H33N5O11S2/c1-19(35)44-23-24(41-14-20-10-6-4-7-11-20)29(15-42-46(2,37)38,16-43-47(3,39)40)45-28(23)34-18-32-25-22(30-17-31-25)26(34)33-27(36)21-12-8-5-9-13-21/h4-13,17-18,23-24,26,28H,14-16H2,1-3H3,(H,30,31)(H,33,36)/t23-,24+,26?,28-/m1/s1. The summed E-state index contributed by atoms with van der Waals surface area (Å²) < 4.78 is 77.7. The number of nitrogens with zero attached hydrogens (tertiary/aromatic N) is 3. The Hall–Kier alpha value is -4.20. The summed E-state index contributed by atoms with van der Waals surface area (Å²) in [6.07, 6.45) is -0.913. The van der Waals surface area contributed by atoms with Crippen LogP contribution in [0.1, 0.15) is 34.7 Å². The minimum absolute atomic E-state index is 0.0915. The lowest BCUT2D eigenvalue weighted by atomic mass is 9.96. The zero-order valence-electron chi connectivity index (χ0n) is 25.5. The van der Waals surface area contributed by atoms with Crippen molar-refractivity contribution < 1.29 is 49.0 Å². The van der Waals surface area contributed by atoms with Crippen molar-refractivity contribution in [3.63, 3.8) is 0 Å². The average Bonchev–Trinajstić information content (AvgIpc) is 3.61. The van der Waals surface area contributed by atoms with Crippen molar-refractivity contribution in [1.82, 2.24) is 20.2 Å². The van der Waals surface area contributed by atoms with Crippen molar-refractivity contribution in [2.75, 3.05) is 25.7 Å². The number of imidazole rings is 1. The summed E-state index contributed by atoms with van der Waals surface area (Å²) in [6.45, 7) is -0.532. The highest BCUT2D eigenvalue weighted by Crippen LogP contribution is 2.42. The van der Waals surface area contributed by atoms with Gasteiger partial charge in [-0.15, -0.1) is 0 Å². The molecule has 18 heteroatoms. The first-order valence-electron chi connectivity index (χ1n) is 14.1. The van der Waals surface area contributed by atoms with Gasteiger partial charge in [0, 0.05) is 12.5 Å². The minimum atomic E-state index is -4.13. The summed E-state index contributed by atoms with van der Waals surface area (Å²) in [5.74, 6) is -0.991. The fraction of sp³-hybridized carbons (Fsp3) is 0.379. The molecule has 1 unspecified atom stereocenters. The lowest BCUT2D eigenvalue weighted by Gasteiger charge is -2.38. The van der Waals surface area contributed by atoms with Gasteiger partial charge in [-0.2, -0.15) is 16.8 Å². The van der Waals surface area contributed by atoms with E-state index in [-0.39, 0.29) is 12.4 Å². The van der Waals surface area contributed by atoms with Gasteiger partial charge in [-0.3, -0.25) is 18.0 Å². The van der Waals surface area contributed by atoms with Crippen LogP contribution in [0.4, 0.5) is 5.82 Å². The fourth-order valence-electron chi connectivity index (χ4n) is 5.15. The molecule has 2 aliphatic rings. The van der Waals surface area contributed by atoms with E-state index >= 15 is 0 Å². The zero-order chi connectivity index (χ0) is 33.8. The fourth-order valence-corrected chi connectivity index (χ4v) is 5.98. The molecule has 16 nitrogen and oxygen atoms in total. The predicted octanol–water partition coefficient (Wildman–Crippen LogP) is 1.38. The maximum absolute atomic E-state index is 13.4. The van der Waals surface area contributed by atoms with Gasteiger partial charge in [-0.25, -0.2) is 9.98 Å². The molecule has 2 N–H and O–H groups in total. The molecule has 0 bridgehead atoms. The van der Waals surface area contributed by atoms with Gasteiger partial charge in [0.2, 0.25) is 0 Å². The number of benzene rings is 2. The summed E-state index contributed by atoms with van der Waals surface area (Å²) >= 11 is 0. The number of esters is 1. The number of ether oxygens (including phenoxy) is 3. The topological polar surface area (TPSA) is 205 Å². The lowest BCUT2D eigenvalue weighted by Crippen LogP contribution is -2.53. The number of hydrogen-bond donors (Lipinski definition) is 2. The van der Waals surface area contributed by atoms with Gasteiger partial charge in [-0.1, -0.05) is 48.5 Å². The Morgan fingerprint density at radius 1 is 0.979 bits per heavy atom. The van der Waals surface area contributed by atoms with Crippen molar-refractivity contribution in [2.24, 2.45) is 4.99 Å². The molecule has 1 aromatic heterocycles. The van der Waals surface area contributed by atoms with Crippen molar-refractivity contribution in [3.8, 4) is 0 Å². The van der Waals surface area contributed by atoms with Crippen LogP contribution < -0.4 is 5.32 Å². The second kappa shape index (κ2) is 13.9. The number of carbonyl (C=O) groups excluding carboxylic acids is 2. The number of aromatic amines is 1. The Balaban J connectivity index is 1.60. The Bertz CT molecular complexity index is 1780. The average molecular weight is 692 g/mol. The van der Waals surface area contributed by atoms with Crippen LogP contribution in [0.2, 0.25) is 0 Å². The van der Waals surface area contributed by atoms with E-state index < -0.39 is 75.5 Å². The molecule has 3 heterocycles. The molecule has 0 aliphatic carbocycles. The van der Waals surface area contributed by atoms with Crippen LogP contribution >= 0.6 is 0 Å². The third-order valence-corrected chi connectivity index (χ3v) is 8.28. The second-order valence-corrected chi connectivity index (χ2v) is 14.2. The molecule has 47 heavy (non-hydrogen) atoms. The summed E-state index contributed by atoms with van der Waals surface area (Å²) in [6, 6.07) is 17.2. The number of H-pyrrole nitrogens is 1. The summed E-state index contributed by atoms with van der Waals surface area (Å²) in [4.78, 5) is 38.9. The van der Waals surface area contributed by atoms with Crippen molar-refractivity contribution in [3.05, 3.63) is 83.8 Å². The second-order valence-electron chi connectivity index (χ2n) is 10.9. The predicted molar refractivity (Wildman–Crippen MR) is 165 cm³/mol. The number of nitrogens with one attached hydrogen (secondary N) is 2. The molecular weight excluding hydrogens is 658 g/mol.